The quantitative estimate of drug-likeness (QED) is 0.623. The molecule has 0 aliphatic carbocycles. The number of nitriles is 1. The molecule has 0 saturated carbocycles. The van der Waals surface area contributed by atoms with E-state index in [1.165, 1.54) is 7.11 Å². The largest absolute Gasteiger partial charge is 0.493 e. The van der Waals surface area contributed by atoms with Gasteiger partial charge in [-0.05, 0) is 22.6 Å². The number of aromatic nitrogens is 1. The van der Waals surface area contributed by atoms with Crippen molar-refractivity contribution >= 4 is 22.6 Å². The van der Waals surface area contributed by atoms with Gasteiger partial charge in [0.1, 0.15) is 15.3 Å². The second-order valence-corrected chi connectivity index (χ2v) is 3.35. The molecule has 1 heterocycles. The number of hydrogen-bond acceptors (Lipinski definition) is 3. The highest BCUT2D eigenvalue weighted by molar-refractivity contribution is 14.1. The van der Waals surface area contributed by atoms with E-state index < -0.39 is 12.0 Å². The van der Waals surface area contributed by atoms with Gasteiger partial charge in [-0.15, -0.1) is 0 Å². The highest BCUT2D eigenvalue weighted by Crippen LogP contribution is 2.31. The lowest BCUT2D eigenvalue weighted by Gasteiger charge is -2.08. The molecule has 0 radical (unpaired) electrons. The molecule has 0 atom stereocenters. The Labute approximate surface area is 92.8 Å². The predicted octanol–water partition coefficient (Wildman–Crippen LogP) is 2.50. The van der Waals surface area contributed by atoms with Crippen LogP contribution in [0.4, 0.5) is 8.78 Å². The van der Waals surface area contributed by atoms with Crippen molar-refractivity contribution in [1.82, 2.24) is 4.98 Å². The lowest BCUT2D eigenvalue weighted by molar-refractivity contribution is 0.150. The van der Waals surface area contributed by atoms with Crippen LogP contribution >= 0.6 is 22.6 Å². The Balaban J connectivity index is 3.43. The van der Waals surface area contributed by atoms with Crippen LogP contribution in [-0.4, -0.2) is 12.1 Å². The van der Waals surface area contributed by atoms with Crippen LogP contribution in [0.2, 0.25) is 0 Å². The van der Waals surface area contributed by atoms with E-state index in [4.69, 9.17) is 10.00 Å². The van der Waals surface area contributed by atoms with Crippen LogP contribution < -0.4 is 4.74 Å². The van der Waals surface area contributed by atoms with Crippen LogP contribution in [0.15, 0.2) is 6.20 Å². The number of pyridine rings is 1. The molecule has 1 rings (SSSR count). The zero-order valence-electron chi connectivity index (χ0n) is 7.09. The van der Waals surface area contributed by atoms with Gasteiger partial charge in [0.15, 0.2) is 5.75 Å². The van der Waals surface area contributed by atoms with Crippen molar-refractivity contribution in [1.29, 1.82) is 5.26 Å². The van der Waals surface area contributed by atoms with Gasteiger partial charge in [-0.25, -0.2) is 13.8 Å². The van der Waals surface area contributed by atoms with Gasteiger partial charge in [-0.2, -0.15) is 5.26 Å². The Morgan fingerprint density at radius 2 is 2.29 bits per heavy atom. The van der Waals surface area contributed by atoms with Gasteiger partial charge >= 0.3 is 0 Å². The zero-order chi connectivity index (χ0) is 10.7. The summed E-state index contributed by atoms with van der Waals surface area (Å²) in [6.45, 7) is 0. The molecule has 0 aliphatic rings. The van der Waals surface area contributed by atoms with Crippen LogP contribution in [0.25, 0.3) is 0 Å². The SMILES string of the molecule is COc1c(I)ncc(C(F)F)c1C#N. The fourth-order valence-corrected chi connectivity index (χ4v) is 1.58. The van der Waals surface area contributed by atoms with Crippen molar-refractivity contribution in [3.05, 3.63) is 21.0 Å². The average Bonchev–Trinajstić information content (AvgIpc) is 2.16. The maximum Gasteiger partial charge on any atom is 0.266 e. The third-order valence-corrected chi connectivity index (χ3v) is 2.34. The molecule has 74 valence electrons. The van der Waals surface area contributed by atoms with Crippen LogP contribution in [0.3, 0.4) is 0 Å². The molecule has 0 fully saturated rings. The summed E-state index contributed by atoms with van der Waals surface area (Å²) in [4.78, 5) is 3.71. The van der Waals surface area contributed by atoms with E-state index in [0.717, 1.165) is 6.20 Å². The summed E-state index contributed by atoms with van der Waals surface area (Å²) in [6.07, 6.45) is -1.73. The molecule has 6 heteroatoms. The fraction of sp³-hybridized carbons (Fsp3) is 0.250. The lowest BCUT2D eigenvalue weighted by atomic mass is 10.1. The molecule has 0 amide bonds. The van der Waals surface area contributed by atoms with Crippen molar-refractivity contribution in [2.75, 3.05) is 7.11 Å². The van der Waals surface area contributed by atoms with Gasteiger partial charge in [0.25, 0.3) is 6.43 Å². The van der Waals surface area contributed by atoms with Gasteiger partial charge < -0.3 is 4.74 Å². The van der Waals surface area contributed by atoms with Gasteiger partial charge in [0.05, 0.1) is 12.7 Å². The van der Waals surface area contributed by atoms with Crippen LogP contribution in [-0.2, 0) is 0 Å². The molecule has 0 unspecified atom stereocenters. The van der Waals surface area contributed by atoms with Gasteiger partial charge in [-0.1, -0.05) is 0 Å². The third kappa shape index (κ3) is 1.92. The number of methoxy groups -OCH3 is 1. The minimum Gasteiger partial charge on any atom is -0.493 e. The average molecular weight is 310 g/mol. The molecule has 0 aliphatic heterocycles. The number of halogens is 3. The summed E-state index contributed by atoms with van der Waals surface area (Å²) in [6, 6.07) is 1.69. The Hall–Kier alpha value is -0.970. The highest BCUT2D eigenvalue weighted by atomic mass is 127. The normalized spacial score (nSPS) is 10.0. The van der Waals surface area contributed by atoms with E-state index in [1.807, 2.05) is 22.6 Å². The molecular formula is C8H5F2IN2O. The van der Waals surface area contributed by atoms with Gasteiger partial charge in [0.2, 0.25) is 0 Å². The fourth-order valence-electron chi connectivity index (χ4n) is 0.951. The Kier molecular flexibility index (Phi) is 3.57. The van der Waals surface area contributed by atoms with E-state index >= 15 is 0 Å². The van der Waals surface area contributed by atoms with E-state index in [2.05, 4.69) is 4.98 Å². The maximum atomic E-state index is 12.4. The second kappa shape index (κ2) is 4.50. The lowest BCUT2D eigenvalue weighted by Crippen LogP contribution is -2.00. The van der Waals surface area contributed by atoms with Crippen LogP contribution in [0.1, 0.15) is 17.6 Å². The molecule has 1 aromatic rings. The highest BCUT2D eigenvalue weighted by Gasteiger charge is 2.19. The van der Waals surface area contributed by atoms with Crippen molar-refractivity contribution in [3.63, 3.8) is 0 Å². The summed E-state index contributed by atoms with van der Waals surface area (Å²) < 4.78 is 30.1. The summed E-state index contributed by atoms with van der Waals surface area (Å²) in [5, 5.41) is 8.71. The topological polar surface area (TPSA) is 45.9 Å². The van der Waals surface area contributed by atoms with E-state index in [1.54, 1.807) is 6.07 Å². The van der Waals surface area contributed by atoms with E-state index in [9.17, 15) is 8.78 Å². The molecule has 0 aromatic carbocycles. The monoisotopic (exact) mass is 310 g/mol. The first kappa shape index (κ1) is 11.1. The number of hydrogen-bond donors (Lipinski definition) is 0. The van der Waals surface area contributed by atoms with E-state index in [0.29, 0.717) is 3.70 Å². The first-order valence-corrected chi connectivity index (χ1v) is 4.60. The number of ether oxygens (including phenoxy) is 1. The first-order valence-electron chi connectivity index (χ1n) is 3.52. The minimum absolute atomic E-state index is 0.103. The van der Waals surface area contributed by atoms with Crippen molar-refractivity contribution < 1.29 is 13.5 Å². The maximum absolute atomic E-state index is 12.4. The molecule has 0 N–H and O–H groups in total. The number of rotatable bonds is 2. The molecule has 0 saturated heterocycles. The predicted molar refractivity (Wildman–Crippen MR) is 53.2 cm³/mol. The van der Waals surface area contributed by atoms with Crippen LogP contribution in [0.5, 0.6) is 5.75 Å². The summed E-state index contributed by atoms with van der Waals surface area (Å²) in [7, 11) is 1.31. The van der Waals surface area contributed by atoms with Crippen molar-refractivity contribution in [3.8, 4) is 11.8 Å². The number of nitrogens with zero attached hydrogens (tertiary/aromatic N) is 2. The zero-order valence-corrected chi connectivity index (χ0v) is 9.25. The minimum atomic E-state index is -2.72. The Morgan fingerprint density at radius 1 is 1.64 bits per heavy atom. The molecule has 1 aromatic heterocycles. The molecule has 0 bridgehead atoms. The molecular weight excluding hydrogens is 305 g/mol. The smallest absolute Gasteiger partial charge is 0.266 e. The molecule has 3 nitrogen and oxygen atoms in total. The Bertz CT molecular complexity index is 390. The van der Waals surface area contributed by atoms with Crippen molar-refractivity contribution in [2.24, 2.45) is 0 Å². The molecule has 0 spiro atoms. The van der Waals surface area contributed by atoms with Crippen LogP contribution in [0, 0.1) is 15.0 Å². The second-order valence-electron chi connectivity index (χ2n) is 2.33. The molecule has 14 heavy (non-hydrogen) atoms. The van der Waals surface area contributed by atoms with Gasteiger partial charge in [-0.3, -0.25) is 0 Å². The Morgan fingerprint density at radius 3 is 2.71 bits per heavy atom. The van der Waals surface area contributed by atoms with Gasteiger partial charge in [0, 0.05) is 6.20 Å². The third-order valence-electron chi connectivity index (χ3n) is 1.57. The summed E-state index contributed by atoms with van der Waals surface area (Å²) in [5.74, 6) is 0.103. The van der Waals surface area contributed by atoms with Crippen molar-refractivity contribution in [2.45, 2.75) is 6.43 Å². The van der Waals surface area contributed by atoms with E-state index in [-0.39, 0.29) is 11.3 Å². The number of alkyl halides is 2. The standard InChI is InChI=1S/C8H5F2IN2O/c1-14-6-4(2-12)5(7(9)10)3-13-8(6)11/h3,7H,1H3. The summed E-state index contributed by atoms with van der Waals surface area (Å²) in [5.41, 5.74) is -0.549. The summed E-state index contributed by atoms with van der Waals surface area (Å²) >= 11 is 1.82. The first-order chi connectivity index (χ1) is 6.61.